The zero-order chi connectivity index (χ0) is 32.3. The highest BCUT2D eigenvalue weighted by atomic mass is 16.3. The number of aromatic nitrogens is 1. The summed E-state index contributed by atoms with van der Waals surface area (Å²) < 4.78 is 8.84. The van der Waals surface area contributed by atoms with Gasteiger partial charge in [-0.2, -0.15) is 0 Å². The van der Waals surface area contributed by atoms with E-state index in [0.29, 0.717) is 0 Å². The van der Waals surface area contributed by atoms with Crippen LogP contribution >= 0.6 is 0 Å². The molecule has 0 bridgehead atoms. The molecule has 49 heavy (non-hydrogen) atoms. The van der Waals surface area contributed by atoms with Gasteiger partial charge in [0, 0.05) is 38.6 Å². The molecule has 0 fully saturated rings. The Labute approximate surface area is 283 Å². The predicted molar refractivity (Wildman–Crippen MR) is 206 cm³/mol. The zero-order valence-electron chi connectivity index (χ0n) is 26.6. The lowest BCUT2D eigenvalue weighted by molar-refractivity contribution is 0.666. The maximum absolute atomic E-state index is 6.49. The third kappa shape index (κ3) is 4.44. The van der Waals surface area contributed by atoms with Crippen LogP contribution in [0.1, 0.15) is 0 Å². The van der Waals surface area contributed by atoms with Crippen molar-refractivity contribution in [3.05, 3.63) is 182 Å². The second-order valence-corrected chi connectivity index (χ2v) is 12.6. The van der Waals surface area contributed by atoms with Crippen molar-refractivity contribution in [3.63, 3.8) is 0 Å². The molecule has 10 aromatic rings. The molecule has 0 N–H and O–H groups in total. The molecular weight excluding hydrogens is 597 g/mol. The molecular formula is C46H30N2O. The summed E-state index contributed by atoms with van der Waals surface area (Å²) in [5.41, 5.74) is 10.9. The summed E-state index contributed by atoms with van der Waals surface area (Å²) in [5, 5.41) is 7.16. The minimum Gasteiger partial charge on any atom is -0.454 e. The van der Waals surface area contributed by atoms with Gasteiger partial charge in [-0.25, -0.2) is 0 Å². The second kappa shape index (κ2) is 11.0. The minimum absolute atomic E-state index is 0.903. The van der Waals surface area contributed by atoms with E-state index < -0.39 is 0 Å². The van der Waals surface area contributed by atoms with E-state index in [1.54, 1.807) is 0 Å². The molecule has 0 aliphatic rings. The van der Waals surface area contributed by atoms with E-state index in [4.69, 9.17) is 4.42 Å². The van der Waals surface area contributed by atoms with E-state index in [1.165, 1.54) is 32.7 Å². The van der Waals surface area contributed by atoms with Crippen molar-refractivity contribution in [2.75, 3.05) is 4.90 Å². The van der Waals surface area contributed by atoms with Crippen molar-refractivity contribution in [2.45, 2.75) is 0 Å². The number of benzene rings is 8. The van der Waals surface area contributed by atoms with Crippen molar-refractivity contribution < 1.29 is 4.42 Å². The number of hydrogen-bond donors (Lipinski definition) is 0. The number of nitrogens with zero attached hydrogens (tertiary/aromatic N) is 2. The standard InChI is InChI=1S/C46H30N2O/c1-2-13-35(14-3-1)47(37-27-23-31-11-4-5-12-33(31)29-37)36-25-21-32(22-26-36)34-24-28-43-41(30-34)38-15-6-8-18-42(38)48(43)44-19-10-17-40-39-16-7-9-20-45(39)49-46(40)44/h1-30H. The van der Waals surface area contributed by atoms with Crippen molar-refractivity contribution in [2.24, 2.45) is 0 Å². The maximum Gasteiger partial charge on any atom is 0.159 e. The Morgan fingerprint density at radius 3 is 1.92 bits per heavy atom. The topological polar surface area (TPSA) is 21.3 Å². The largest absolute Gasteiger partial charge is 0.454 e. The lowest BCUT2D eigenvalue weighted by Crippen LogP contribution is -2.09. The molecule has 10 rings (SSSR count). The molecule has 0 amide bonds. The maximum atomic E-state index is 6.49. The molecule has 3 heteroatoms. The molecule has 0 unspecified atom stereocenters. The first-order chi connectivity index (χ1) is 24.3. The number of rotatable bonds is 5. The van der Waals surface area contributed by atoms with E-state index in [1.807, 2.05) is 12.1 Å². The predicted octanol–water partition coefficient (Wildman–Crippen LogP) is 13.0. The van der Waals surface area contributed by atoms with E-state index in [2.05, 4.69) is 179 Å². The van der Waals surface area contributed by atoms with Crippen LogP contribution in [-0.2, 0) is 0 Å². The smallest absolute Gasteiger partial charge is 0.159 e. The van der Waals surface area contributed by atoms with Gasteiger partial charge in [0.1, 0.15) is 5.58 Å². The Morgan fingerprint density at radius 2 is 1.04 bits per heavy atom. The summed E-state index contributed by atoms with van der Waals surface area (Å²) in [7, 11) is 0. The molecule has 2 aromatic heterocycles. The van der Waals surface area contributed by atoms with Gasteiger partial charge < -0.3 is 13.9 Å². The van der Waals surface area contributed by atoms with Crippen LogP contribution in [0, 0.1) is 0 Å². The Hall–Kier alpha value is -6.58. The van der Waals surface area contributed by atoms with Gasteiger partial charge >= 0.3 is 0 Å². The van der Waals surface area contributed by atoms with Crippen LogP contribution in [0.15, 0.2) is 186 Å². The van der Waals surface area contributed by atoms with Gasteiger partial charge in [-0.05, 0) is 88.6 Å². The van der Waals surface area contributed by atoms with Crippen LogP contribution in [0.2, 0.25) is 0 Å². The third-order valence-corrected chi connectivity index (χ3v) is 9.76. The first-order valence-electron chi connectivity index (χ1n) is 16.7. The van der Waals surface area contributed by atoms with Crippen molar-refractivity contribution in [3.8, 4) is 16.8 Å². The monoisotopic (exact) mass is 626 g/mol. The van der Waals surface area contributed by atoms with E-state index in [0.717, 1.165) is 55.7 Å². The van der Waals surface area contributed by atoms with Crippen molar-refractivity contribution in [1.82, 2.24) is 4.57 Å². The summed E-state index contributed by atoms with van der Waals surface area (Å²) in [6.45, 7) is 0. The first-order valence-corrected chi connectivity index (χ1v) is 16.7. The molecule has 0 aliphatic heterocycles. The molecule has 0 spiro atoms. The Morgan fingerprint density at radius 1 is 0.388 bits per heavy atom. The van der Waals surface area contributed by atoms with Crippen LogP contribution in [0.5, 0.6) is 0 Å². The van der Waals surface area contributed by atoms with Crippen molar-refractivity contribution >= 4 is 71.6 Å². The Balaban J connectivity index is 1.09. The summed E-state index contributed by atoms with van der Waals surface area (Å²) in [5.74, 6) is 0. The molecule has 0 saturated heterocycles. The Kier molecular flexibility index (Phi) is 6.18. The van der Waals surface area contributed by atoms with Crippen LogP contribution in [0.3, 0.4) is 0 Å². The fourth-order valence-electron chi connectivity index (χ4n) is 7.46. The van der Waals surface area contributed by atoms with Crippen LogP contribution in [0.4, 0.5) is 17.1 Å². The molecule has 2 heterocycles. The number of hydrogen-bond acceptors (Lipinski definition) is 2. The van der Waals surface area contributed by atoms with E-state index >= 15 is 0 Å². The minimum atomic E-state index is 0.903. The highest BCUT2D eigenvalue weighted by Gasteiger charge is 2.18. The molecule has 230 valence electrons. The van der Waals surface area contributed by atoms with Gasteiger partial charge in [0.2, 0.25) is 0 Å². The van der Waals surface area contributed by atoms with Gasteiger partial charge in [-0.1, -0.05) is 115 Å². The van der Waals surface area contributed by atoms with E-state index in [9.17, 15) is 0 Å². The summed E-state index contributed by atoms with van der Waals surface area (Å²) in [6, 6.07) is 65.0. The van der Waals surface area contributed by atoms with Gasteiger partial charge in [0.25, 0.3) is 0 Å². The normalized spacial score (nSPS) is 11.7. The third-order valence-electron chi connectivity index (χ3n) is 9.76. The van der Waals surface area contributed by atoms with Crippen LogP contribution < -0.4 is 4.90 Å². The molecule has 0 atom stereocenters. The molecule has 8 aromatic carbocycles. The summed E-state index contributed by atoms with van der Waals surface area (Å²) in [4.78, 5) is 2.33. The SMILES string of the molecule is c1ccc(N(c2ccc(-c3ccc4c(c3)c3ccccc3n4-c3cccc4c3oc3ccccc34)cc2)c2ccc3ccccc3c2)cc1. The van der Waals surface area contributed by atoms with Gasteiger partial charge in [0.15, 0.2) is 5.58 Å². The summed E-state index contributed by atoms with van der Waals surface area (Å²) >= 11 is 0. The lowest BCUT2D eigenvalue weighted by atomic mass is 10.0. The average Bonchev–Trinajstić information content (AvgIpc) is 3.71. The number of para-hydroxylation sites is 4. The van der Waals surface area contributed by atoms with E-state index in [-0.39, 0.29) is 0 Å². The highest BCUT2D eigenvalue weighted by Crippen LogP contribution is 2.40. The Bertz CT molecular complexity index is 2830. The fraction of sp³-hybridized carbons (Fsp3) is 0. The number of furan rings is 1. The number of fused-ring (bicyclic) bond motifs is 7. The van der Waals surface area contributed by atoms with Crippen molar-refractivity contribution in [1.29, 1.82) is 0 Å². The average molecular weight is 627 g/mol. The first kappa shape index (κ1) is 27.5. The highest BCUT2D eigenvalue weighted by molar-refractivity contribution is 6.13. The molecule has 0 radical (unpaired) electrons. The van der Waals surface area contributed by atoms with Crippen LogP contribution in [0.25, 0.3) is 71.3 Å². The van der Waals surface area contributed by atoms with Crippen LogP contribution in [-0.4, -0.2) is 4.57 Å². The van der Waals surface area contributed by atoms with Gasteiger partial charge in [-0.15, -0.1) is 0 Å². The fourth-order valence-corrected chi connectivity index (χ4v) is 7.46. The quantitative estimate of drug-likeness (QED) is 0.190. The van der Waals surface area contributed by atoms with Gasteiger partial charge in [-0.3, -0.25) is 0 Å². The van der Waals surface area contributed by atoms with Gasteiger partial charge in [0.05, 0.1) is 16.7 Å². The molecule has 0 aliphatic carbocycles. The second-order valence-electron chi connectivity index (χ2n) is 12.6. The molecule has 0 saturated carbocycles. The zero-order valence-corrected chi connectivity index (χ0v) is 26.6. The lowest BCUT2D eigenvalue weighted by Gasteiger charge is -2.26. The number of anilines is 3. The summed E-state index contributed by atoms with van der Waals surface area (Å²) in [6.07, 6.45) is 0. The molecule has 3 nitrogen and oxygen atoms in total.